The number of thioether (sulfide) groups is 1. The molecule has 0 radical (unpaired) electrons. The van der Waals surface area contributed by atoms with Crippen LogP contribution in [0.4, 0.5) is 0 Å². The van der Waals surface area contributed by atoms with Crippen molar-refractivity contribution in [3.05, 3.63) is 0 Å². The van der Waals surface area contributed by atoms with Gasteiger partial charge in [-0.15, -0.1) is 0 Å². The Labute approximate surface area is 77.0 Å². The van der Waals surface area contributed by atoms with E-state index >= 15 is 0 Å². The van der Waals surface area contributed by atoms with Gasteiger partial charge in [0.15, 0.2) is 0 Å². The van der Waals surface area contributed by atoms with Crippen molar-refractivity contribution in [1.29, 1.82) is 0 Å². The Morgan fingerprint density at radius 1 is 1.58 bits per heavy atom. The lowest BCUT2D eigenvalue weighted by Crippen LogP contribution is -2.38. The number of nitrogens with one attached hydrogen (secondary N) is 1. The van der Waals surface area contributed by atoms with Crippen LogP contribution in [0.2, 0.25) is 0 Å². The molecule has 1 aliphatic rings. The van der Waals surface area contributed by atoms with Crippen molar-refractivity contribution in [2.75, 3.05) is 5.75 Å². The first-order chi connectivity index (χ1) is 5.47. The zero-order valence-electron chi connectivity index (χ0n) is 6.86. The Morgan fingerprint density at radius 3 is 2.75 bits per heavy atom. The lowest BCUT2D eigenvalue weighted by Gasteiger charge is -2.25. The molecule has 0 aromatic heterocycles. The fourth-order valence-corrected chi connectivity index (χ4v) is 3.14. The van der Waals surface area contributed by atoms with Gasteiger partial charge in [0.1, 0.15) is 0 Å². The number of hydrogen-bond acceptors (Lipinski definition) is 3. The van der Waals surface area contributed by atoms with E-state index in [-0.39, 0.29) is 6.04 Å². The first-order valence-corrected chi connectivity index (χ1v) is 6.32. The van der Waals surface area contributed by atoms with Crippen LogP contribution < -0.4 is 4.72 Å². The van der Waals surface area contributed by atoms with E-state index in [0.717, 1.165) is 18.6 Å². The minimum absolute atomic E-state index is 0.0868. The highest BCUT2D eigenvalue weighted by atomic mass is 32.2. The van der Waals surface area contributed by atoms with Crippen LogP contribution >= 0.6 is 11.8 Å². The molecule has 1 saturated heterocycles. The molecule has 0 aromatic carbocycles. The molecule has 1 heterocycles. The van der Waals surface area contributed by atoms with Gasteiger partial charge in [0.25, 0.3) is 0 Å². The van der Waals surface area contributed by atoms with Gasteiger partial charge in [0.2, 0.25) is 0 Å². The summed E-state index contributed by atoms with van der Waals surface area (Å²) in [5.41, 5.74) is 0. The minimum atomic E-state index is -4.01. The van der Waals surface area contributed by atoms with Gasteiger partial charge < -0.3 is 0 Å². The van der Waals surface area contributed by atoms with Crippen LogP contribution in [0.15, 0.2) is 0 Å². The Kier molecular flexibility index (Phi) is 3.39. The van der Waals surface area contributed by atoms with Gasteiger partial charge in [-0.1, -0.05) is 6.92 Å². The van der Waals surface area contributed by atoms with Crippen molar-refractivity contribution in [3.63, 3.8) is 0 Å². The highest BCUT2D eigenvalue weighted by Gasteiger charge is 2.22. The highest BCUT2D eigenvalue weighted by Crippen LogP contribution is 2.24. The molecule has 4 nitrogen and oxygen atoms in total. The Bertz CT molecular complexity index is 239. The summed E-state index contributed by atoms with van der Waals surface area (Å²) in [6.07, 6.45) is 1.60. The highest BCUT2D eigenvalue weighted by molar-refractivity contribution is 7.99. The van der Waals surface area contributed by atoms with Crippen molar-refractivity contribution in [2.45, 2.75) is 31.1 Å². The van der Waals surface area contributed by atoms with E-state index in [1.807, 2.05) is 11.8 Å². The SMILES string of the molecule is C[C@H]1C[C@@H](NS(=O)(=O)O)CCS1. The van der Waals surface area contributed by atoms with E-state index in [1.165, 1.54) is 0 Å². The lowest BCUT2D eigenvalue weighted by atomic mass is 10.1. The second kappa shape index (κ2) is 3.95. The molecule has 6 heteroatoms. The smallest absolute Gasteiger partial charge is 0.273 e. The minimum Gasteiger partial charge on any atom is -0.273 e. The second-order valence-electron chi connectivity index (χ2n) is 3.00. The van der Waals surface area contributed by atoms with Crippen LogP contribution in [0.5, 0.6) is 0 Å². The van der Waals surface area contributed by atoms with Gasteiger partial charge in [0, 0.05) is 11.3 Å². The van der Waals surface area contributed by atoms with Crippen LogP contribution in [-0.4, -0.2) is 30.0 Å². The van der Waals surface area contributed by atoms with E-state index < -0.39 is 10.3 Å². The molecule has 0 saturated carbocycles. The summed E-state index contributed by atoms with van der Waals surface area (Å²) in [5.74, 6) is 0.953. The van der Waals surface area contributed by atoms with Crippen molar-refractivity contribution >= 4 is 22.1 Å². The van der Waals surface area contributed by atoms with E-state index in [2.05, 4.69) is 11.6 Å². The molecule has 0 spiro atoms. The monoisotopic (exact) mass is 211 g/mol. The molecule has 0 amide bonds. The third-order valence-electron chi connectivity index (χ3n) is 1.80. The van der Waals surface area contributed by atoms with Crippen molar-refractivity contribution in [2.24, 2.45) is 0 Å². The summed E-state index contributed by atoms with van der Waals surface area (Å²) in [7, 11) is -4.01. The first kappa shape index (κ1) is 10.3. The molecule has 0 aromatic rings. The summed E-state index contributed by atoms with van der Waals surface area (Å²) in [5, 5.41) is 0.470. The molecular weight excluding hydrogens is 198 g/mol. The molecule has 0 bridgehead atoms. The molecular formula is C6H13NO3S2. The van der Waals surface area contributed by atoms with E-state index in [9.17, 15) is 8.42 Å². The summed E-state index contributed by atoms with van der Waals surface area (Å²) in [4.78, 5) is 0. The number of hydrogen-bond donors (Lipinski definition) is 2. The zero-order chi connectivity index (χ0) is 9.19. The van der Waals surface area contributed by atoms with Gasteiger partial charge in [0.05, 0.1) is 0 Å². The van der Waals surface area contributed by atoms with Crippen molar-refractivity contribution < 1.29 is 13.0 Å². The predicted octanol–water partition coefficient (Wildman–Crippen LogP) is 0.663. The normalized spacial score (nSPS) is 31.8. The molecule has 1 rings (SSSR count). The number of rotatable bonds is 2. The quantitative estimate of drug-likeness (QED) is 0.659. The molecule has 12 heavy (non-hydrogen) atoms. The average Bonchev–Trinajstić information content (AvgIpc) is 1.82. The summed E-state index contributed by atoms with van der Waals surface area (Å²) in [6, 6.07) is -0.0868. The average molecular weight is 211 g/mol. The largest absolute Gasteiger partial charge is 0.333 e. The fourth-order valence-electron chi connectivity index (χ4n) is 1.32. The summed E-state index contributed by atoms with van der Waals surface area (Å²) in [6.45, 7) is 2.06. The molecule has 1 fully saturated rings. The van der Waals surface area contributed by atoms with Crippen molar-refractivity contribution in [1.82, 2.24) is 4.72 Å². The maximum absolute atomic E-state index is 10.4. The Morgan fingerprint density at radius 2 is 2.25 bits per heavy atom. The molecule has 2 atom stereocenters. The van der Waals surface area contributed by atoms with Gasteiger partial charge in [-0.25, -0.2) is 0 Å². The van der Waals surface area contributed by atoms with Crippen molar-refractivity contribution in [3.8, 4) is 0 Å². The van der Waals surface area contributed by atoms with Gasteiger partial charge in [-0.2, -0.15) is 24.9 Å². The molecule has 0 aliphatic carbocycles. The van der Waals surface area contributed by atoms with Gasteiger partial charge in [-0.05, 0) is 18.6 Å². The van der Waals surface area contributed by atoms with Crippen LogP contribution in [0.1, 0.15) is 19.8 Å². The maximum atomic E-state index is 10.4. The summed E-state index contributed by atoms with van der Waals surface area (Å²) < 4.78 is 31.6. The van der Waals surface area contributed by atoms with Gasteiger partial charge >= 0.3 is 10.3 Å². The van der Waals surface area contributed by atoms with Crippen LogP contribution in [0.25, 0.3) is 0 Å². The third kappa shape index (κ3) is 3.75. The Hall–Kier alpha value is 0.220. The van der Waals surface area contributed by atoms with E-state index in [4.69, 9.17) is 4.55 Å². The second-order valence-corrected chi connectivity index (χ2v) is 5.73. The molecule has 72 valence electrons. The van der Waals surface area contributed by atoms with Crippen LogP contribution in [0.3, 0.4) is 0 Å². The fraction of sp³-hybridized carbons (Fsp3) is 1.00. The van der Waals surface area contributed by atoms with Gasteiger partial charge in [-0.3, -0.25) is 4.55 Å². The summed E-state index contributed by atoms with van der Waals surface area (Å²) >= 11 is 1.83. The van der Waals surface area contributed by atoms with E-state index in [0.29, 0.717) is 5.25 Å². The zero-order valence-corrected chi connectivity index (χ0v) is 8.49. The lowest BCUT2D eigenvalue weighted by molar-refractivity contribution is 0.437. The van der Waals surface area contributed by atoms with E-state index in [1.54, 1.807) is 0 Å². The topological polar surface area (TPSA) is 66.4 Å². The Balaban J connectivity index is 2.43. The van der Waals surface area contributed by atoms with Crippen LogP contribution in [0, 0.1) is 0 Å². The molecule has 2 N–H and O–H groups in total. The maximum Gasteiger partial charge on any atom is 0.333 e. The third-order valence-corrected chi connectivity index (χ3v) is 3.66. The van der Waals surface area contributed by atoms with Crippen LogP contribution in [-0.2, 0) is 10.3 Å². The first-order valence-electron chi connectivity index (χ1n) is 3.84. The molecule has 1 aliphatic heterocycles. The standard InChI is InChI=1S/C6H13NO3S2/c1-5-4-6(2-3-11-5)7-12(8,9)10/h5-7H,2-4H2,1H3,(H,8,9,10)/t5-,6-/m0/s1. The predicted molar refractivity (Wildman–Crippen MR) is 49.6 cm³/mol. The molecule has 0 unspecified atom stereocenters.